The molecule has 0 aromatic rings. The fourth-order valence-corrected chi connectivity index (χ4v) is 8.08. The molecule has 1 amide bonds. The van der Waals surface area contributed by atoms with Crippen LogP contribution in [0, 0.1) is 34.5 Å². The minimum atomic E-state index is -0.228. The zero-order valence-corrected chi connectivity index (χ0v) is 18.9. The molecule has 8 atom stereocenters. The molecule has 4 aliphatic rings. The number of fused-ring (bicyclic) bond motifs is 5. The van der Waals surface area contributed by atoms with Crippen LogP contribution in [0.1, 0.15) is 90.9 Å². The van der Waals surface area contributed by atoms with E-state index in [1.54, 1.807) is 0 Å². The lowest BCUT2D eigenvalue weighted by Gasteiger charge is -2.62. The Labute approximate surface area is 181 Å². The second-order valence-corrected chi connectivity index (χ2v) is 11.3. The summed E-state index contributed by atoms with van der Waals surface area (Å²) in [6.45, 7) is 5.45. The maximum absolute atomic E-state index is 12.2. The van der Waals surface area contributed by atoms with E-state index < -0.39 is 0 Å². The van der Waals surface area contributed by atoms with Gasteiger partial charge in [-0.25, -0.2) is 0 Å². The lowest BCUT2D eigenvalue weighted by Crippen LogP contribution is -2.60. The van der Waals surface area contributed by atoms with Crippen LogP contribution in [0.4, 0.5) is 0 Å². The molecule has 0 unspecified atom stereocenters. The van der Waals surface area contributed by atoms with Gasteiger partial charge >= 0.3 is 0 Å². The van der Waals surface area contributed by atoms with Gasteiger partial charge in [0.05, 0.1) is 12.2 Å². The van der Waals surface area contributed by atoms with Crippen LogP contribution in [0.5, 0.6) is 0 Å². The number of unbranched alkanes of at least 4 members (excludes halogenated alkanes) is 2. The van der Waals surface area contributed by atoms with Gasteiger partial charge in [0.2, 0.25) is 5.91 Å². The number of primary amides is 1. The smallest absolute Gasteiger partial charge is 0.217 e. The van der Waals surface area contributed by atoms with E-state index in [1.165, 1.54) is 6.42 Å². The number of hydrogen-bond acceptors (Lipinski definition) is 4. The highest BCUT2D eigenvalue weighted by Gasteiger charge is 2.63. The Kier molecular flexibility index (Phi) is 6.33. The molecule has 0 saturated heterocycles. The van der Waals surface area contributed by atoms with Crippen molar-refractivity contribution in [2.24, 2.45) is 40.2 Å². The number of carbonyl (C=O) groups is 2. The molecule has 0 spiro atoms. The minimum absolute atomic E-state index is 0.0362. The van der Waals surface area contributed by atoms with Gasteiger partial charge < -0.3 is 15.6 Å². The quantitative estimate of drug-likeness (QED) is 0.610. The predicted octanol–water partition coefficient (Wildman–Crippen LogP) is 4.00. The van der Waals surface area contributed by atoms with E-state index in [9.17, 15) is 14.7 Å². The van der Waals surface area contributed by atoms with Gasteiger partial charge in [-0.2, -0.15) is 0 Å². The average Bonchev–Trinajstić information content (AvgIpc) is 2.99. The largest absolute Gasteiger partial charge is 0.393 e. The Morgan fingerprint density at radius 1 is 1.13 bits per heavy atom. The summed E-state index contributed by atoms with van der Waals surface area (Å²) in [5.74, 6) is 2.40. The maximum Gasteiger partial charge on any atom is 0.217 e. The number of hydrogen-bond donors (Lipinski definition) is 2. The van der Waals surface area contributed by atoms with Gasteiger partial charge in [-0.3, -0.25) is 9.59 Å². The zero-order chi connectivity index (χ0) is 21.5. The summed E-state index contributed by atoms with van der Waals surface area (Å²) in [6, 6.07) is 0. The van der Waals surface area contributed by atoms with Crippen LogP contribution in [0.25, 0.3) is 0 Å². The van der Waals surface area contributed by atoms with E-state index in [4.69, 9.17) is 10.5 Å². The van der Waals surface area contributed by atoms with E-state index in [0.29, 0.717) is 42.5 Å². The third-order valence-electron chi connectivity index (χ3n) is 9.74. The molecule has 5 heteroatoms. The van der Waals surface area contributed by atoms with Gasteiger partial charge in [0.25, 0.3) is 0 Å². The lowest BCUT2D eigenvalue weighted by atomic mass is 9.44. The van der Waals surface area contributed by atoms with Crippen LogP contribution in [0.3, 0.4) is 0 Å². The van der Waals surface area contributed by atoms with Crippen LogP contribution in [-0.2, 0) is 14.3 Å². The molecule has 5 nitrogen and oxygen atoms in total. The van der Waals surface area contributed by atoms with Gasteiger partial charge in [0, 0.05) is 25.9 Å². The van der Waals surface area contributed by atoms with E-state index in [1.807, 2.05) is 0 Å². The molecule has 4 aliphatic carbocycles. The predicted molar refractivity (Wildman–Crippen MR) is 116 cm³/mol. The van der Waals surface area contributed by atoms with Crippen LogP contribution in [0.15, 0.2) is 0 Å². The molecule has 4 fully saturated rings. The maximum atomic E-state index is 12.2. The summed E-state index contributed by atoms with van der Waals surface area (Å²) >= 11 is 0. The Balaban J connectivity index is 1.50. The van der Waals surface area contributed by atoms with Crippen molar-refractivity contribution in [1.29, 1.82) is 0 Å². The second-order valence-electron chi connectivity index (χ2n) is 11.3. The van der Waals surface area contributed by atoms with Crippen LogP contribution >= 0.6 is 0 Å². The number of amides is 1. The Morgan fingerprint density at radius 3 is 2.70 bits per heavy atom. The van der Waals surface area contributed by atoms with E-state index in [-0.39, 0.29) is 28.9 Å². The SMILES string of the molecule is C[C@]12CCC(=O)C[C@@H]1CC[C@@H]1[C@@H]2[C@@H](OCCCCCC(N)=O)C[C@]2(C)[C@@H](O)CC[C@@H]12. The first-order valence-electron chi connectivity index (χ1n) is 12.4. The van der Waals surface area contributed by atoms with Crippen molar-refractivity contribution in [2.45, 2.75) is 103 Å². The number of rotatable bonds is 7. The fraction of sp³-hybridized carbons (Fsp3) is 0.920. The molecule has 170 valence electrons. The second kappa shape index (κ2) is 8.54. The van der Waals surface area contributed by atoms with E-state index >= 15 is 0 Å². The Hall–Kier alpha value is -0.940. The van der Waals surface area contributed by atoms with Crippen LogP contribution < -0.4 is 5.73 Å². The first-order chi connectivity index (χ1) is 14.3. The Morgan fingerprint density at radius 2 is 1.93 bits per heavy atom. The molecule has 0 heterocycles. The average molecular weight is 420 g/mol. The number of Topliss-reactive ketones (excluding diaryl/α,β-unsaturated/α-hetero) is 1. The highest BCUT2D eigenvalue weighted by atomic mass is 16.5. The lowest BCUT2D eigenvalue weighted by molar-refractivity contribution is -0.192. The number of aliphatic hydroxyl groups excluding tert-OH is 1. The monoisotopic (exact) mass is 419 g/mol. The molecule has 4 saturated carbocycles. The van der Waals surface area contributed by atoms with Gasteiger partial charge in [-0.15, -0.1) is 0 Å². The third kappa shape index (κ3) is 3.85. The third-order valence-corrected chi connectivity index (χ3v) is 9.74. The standard InChI is InChI=1S/C25H41NO4/c1-24-12-11-17(27)14-16(24)7-8-18-19-9-10-21(28)25(19,2)15-20(23(18)24)30-13-5-3-4-6-22(26)29/h16,18-21,23,28H,3-15H2,1-2H3,(H2,26,29)/t16-,18-,19-,20-,21-,23+,24-,25-/m0/s1. The topological polar surface area (TPSA) is 89.6 Å². The van der Waals surface area contributed by atoms with Crippen molar-refractivity contribution < 1.29 is 19.4 Å². The van der Waals surface area contributed by atoms with Crippen molar-refractivity contribution in [2.75, 3.05) is 6.61 Å². The Bertz CT molecular complexity index is 666. The highest BCUT2D eigenvalue weighted by molar-refractivity contribution is 5.79. The molecule has 0 bridgehead atoms. The van der Waals surface area contributed by atoms with Gasteiger partial charge in [0.15, 0.2) is 0 Å². The van der Waals surface area contributed by atoms with Crippen molar-refractivity contribution in [1.82, 2.24) is 0 Å². The number of carbonyl (C=O) groups excluding carboxylic acids is 2. The molecular weight excluding hydrogens is 378 g/mol. The van der Waals surface area contributed by atoms with E-state index in [0.717, 1.165) is 64.2 Å². The highest BCUT2D eigenvalue weighted by Crippen LogP contribution is 2.66. The first kappa shape index (κ1) is 22.3. The molecule has 0 radical (unpaired) electrons. The fourth-order valence-electron chi connectivity index (χ4n) is 8.08. The van der Waals surface area contributed by atoms with E-state index in [2.05, 4.69) is 13.8 Å². The molecule has 30 heavy (non-hydrogen) atoms. The number of nitrogens with two attached hydrogens (primary N) is 1. The normalized spacial score (nSPS) is 45.5. The molecule has 0 aliphatic heterocycles. The summed E-state index contributed by atoms with van der Waals surface area (Å²) < 4.78 is 6.61. The molecule has 3 N–H and O–H groups in total. The van der Waals surface area contributed by atoms with Crippen molar-refractivity contribution in [3.8, 4) is 0 Å². The summed E-state index contributed by atoms with van der Waals surface area (Å²) in [6.07, 6.45) is 11.0. The summed E-state index contributed by atoms with van der Waals surface area (Å²) in [5.41, 5.74) is 5.39. The van der Waals surface area contributed by atoms with Gasteiger partial charge in [-0.1, -0.05) is 20.3 Å². The van der Waals surface area contributed by atoms with Crippen LogP contribution in [-0.4, -0.2) is 35.6 Å². The molecule has 0 aromatic carbocycles. The molecular formula is C25H41NO4. The number of aliphatic hydroxyl groups is 1. The summed E-state index contributed by atoms with van der Waals surface area (Å²) in [4.78, 5) is 23.1. The minimum Gasteiger partial charge on any atom is -0.393 e. The number of ketones is 1. The summed E-state index contributed by atoms with van der Waals surface area (Å²) in [7, 11) is 0. The van der Waals surface area contributed by atoms with Crippen LogP contribution in [0.2, 0.25) is 0 Å². The van der Waals surface area contributed by atoms with Crippen molar-refractivity contribution in [3.63, 3.8) is 0 Å². The van der Waals surface area contributed by atoms with Gasteiger partial charge in [0.1, 0.15) is 5.78 Å². The number of ether oxygens (including phenoxy) is 1. The molecule has 0 aromatic heterocycles. The molecule has 4 rings (SSSR count). The summed E-state index contributed by atoms with van der Waals surface area (Å²) in [5, 5.41) is 10.9. The van der Waals surface area contributed by atoms with Crippen molar-refractivity contribution in [3.05, 3.63) is 0 Å². The zero-order valence-electron chi connectivity index (χ0n) is 18.9. The first-order valence-corrected chi connectivity index (χ1v) is 12.4. The van der Waals surface area contributed by atoms with Crippen molar-refractivity contribution >= 4 is 11.7 Å². The van der Waals surface area contributed by atoms with Gasteiger partial charge in [-0.05, 0) is 85.9 Å².